The Bertz CT molecular complexity index is 392. The van der Waals surface area contributed by atoms with Gasteiger partial charge in [0.05, 0.1) is 0 Å². The average molecular weight is 283 g/mol. The maximum atomic E-state index is 6.33. The van der Waals surface area contributed by atoms with Crippen LogP contribution in [0.1, 0.15) is 34.6 Å². The highest BCUT2D eigenvalue weighted by Gasteiger charge is 2.39. The van der Waals surface area contributed by atoms with Crippen molar-refractivity contribution >= 4 is 8.32 Å². The van der Waals surface area contributed by atoms with Gasteiger partial charge in [-0.15, -0.1) is 0 Å². The number of allylic oxidation sites excluding steroid dienone is 1. The molecule has 1 aliphatic rings. The summed E-state index contributed by atoms with van der Waals surface area (Å²) in [4.78, 5) is 0. The van der Waals surface area contributed by atoms with Crippen molar-refractivity contribution in [1.29, 1.82) is 0 Å². The number of hydrogen-bond acceptors (Lipinski definition) is 4. The number of rotatable bonds is 4. The standard InChI is InChI=1S/C14H29N3OSi/c1-13(2,3)19(6,7)18-10-14(4,5)11-8-12(15)17-16-9-11/h8-9,16-17H,10,15H2,1-7H3. The third kappa shape index (κ3) is 4.01. The maximum Gasteiger partial charge on any atom is 0.192 e. The van der Waals surface area contributed by atoms with Crippen molar-refractivity contribution in [1.82, 2.24) is 10.9 Å². The van der Waals surface area contributed by atoms with Crippen molar-refractivity contribution in [2.24, 2.45) is 11.1 Å². The summed E-state index contributed by atoms with van der Waals surface area (Å²) in [5.74, 6) is 0.637. The lowest BCUT2D eigenvalue weighted by Crippen LogP contribution is -2.44. The summed E-state index contributed by atoms with van der Waals surface area (Å²) in [5.41, 5.74) is 12.7. The quantitative estimate of drug-likeness (QED) is 0.694. The number of hydrogen-bond donors (Lipinski definition) is 3. The molecule has 4 N–H and O–H groups in total. The van der Waals surface area contributed by atoms with E-state index in [9.17, 15) is 0 Å². The van der Waals surface area contributed by atoms with Gasteiger partial charge in [-0.2, -0.15) is 0 Å². The SMILES string of the molecule is CC(C)(CO[Si](C)(C)C(C)(C)C)C1=CNNC(N)=C1. The van der Waals surface area contributed by atoms with Crippen LogP contribution < -0.4 is 16.6 Å². The second kappa shape index (κ2) is 5.21. The molecule has 0 aromatic heterocycles. The Labute approximate surface area is 118 Å². The normalized spacial score (nSPS) is 17.2. The highest BCUT2D eigenvalue weighted by Crippen LogP contribution is 2.38. The van der Waals surface area contributed by atoms with Crippen LogP contribution in [-0.2, 0) is 4.43 Å². The van der Waals surface area contributed by atoms with E-state index in [0.717, 1.165) is 5.57 Å². The van der Waals surface area contributed by atoms with E-state index in [1.807, 2.05) is 12.3 Å². The molecule has 0 amide bonds. The van der Waals surface area contributed by atoms with Crippen molar-refractivity contribution < 1.29 is 4.43 Å². The predicted molar refractivity (Wildman–Crippen MR) is 83.6 cm³/mol. The van der Waals surface area contributed by atoms with Gasteiger partial charge in [0, 0.05) is 18.2 Å². The van der Waals surface area contributed by atoms with E-state index < -0.39 is 8.32 Å². The monoisotopic (exact) mass is 283 g/mol. The molecule has 0 atom stereocenters. The summed E-state index contributed by atoms with van der Waals surface area (Å²) < 4.78 is 6.33. The Morgan fingerprint density at radius 1 is 1.21 bits per heavy atom. The number of hydrazine groups is 1. The van der Waals surface area contributed by atoms with E-state index in [4.69, 9.17) is 10.2 Å². The van der Waals surface area contributed by atoms with Gasteiger partial charge in [-0.25, -0.2) is 0 Å². The van der Waals surface area contributed by atoms with Crippen molar-refractivity contribution in [2.45, 2.75) is 52.8 Å². The van der Waals surface area contributed by atoms with Crippen LogP contribution in [0.25, 0.3) is 0 Å². The topological polar surface area (TPSA) is 59.3 Å². The summed E-state index contributed by atoms with van der Waals surface area (Å²) in [6.45, 7) is 16.4. The van der Waals surface area contributed by atoms with Crippen LogP contribution in [0.2, 0.25) is 18.1 Å². The van der Waals surface area contributed by atoms with Crippen LogP contribution in [0.15, 0.2) is 23.7 Å². The minimum Gasteiger partial charge on any atom is -0.416 e. The van der Waals surface area contributed by atoms with E-state index >= 15 is 0 Å². The van der Waals surface area contributed by atoms with Gasteiger partial charge in [0.1, 0.15) is 5.82 Å². The summed E-state index contributed by atoms with van der Waals surface area (Å²) in [6, 6.07) is 0. The molecule has 0 bridgehead atoms. The molecule has 5 heteroatoms. The van der Waals surface area contributed by atoms with Crippen LogP contribution in [0.5, 0.6) is 0 Å². The zero-order valence-electron chi connectivity index (χ0n) is 13.3. The van der Waals surface area contributed by atoms with Crippen LogP contribution >= 0.6 is 0 Å². The molecule has 19 heavy (non-hydrogen) atoms. The molecule has 0 spiro atoms. The van der Waals surface area contributed by atoms with E-state index in [1.54, 1.807) is 0 Å². The first kappa shape index (κ1) is 16.1. The zero-order valence-corrected chi connectivity index (χ0v) is 14.3. The molecule has 1 heterocycles. The summed E-state index contributed by atoms with van der Waals surface area (Å²) >= 11 is 0. The van der Waals surface area contributed by atoms with Crippen LogP contribution in [0.4, 0.5) is 0 Å². The predicted octanol–water partition coefficient (Wildman–Crippen LogP) is 2.83. The van der Waals surface area contributed by atoms with Crippen molar-refractivity contribution in [2.75, 3.05) is 6.61 Å². The van der Waals surface area contributed by atoms with E-state index in [-0.39, 0.29) is 10.5 Å². The largest absolute Gasteiger partial charge is 0.416 e. The second-order valence-electron chi connectivity index (χ2n) is 7.40. The Kier molecular flexibility index (Phi) is 4.42. The molecular weight excluding hydrogens is 254 g/mol. The minimum absolute atomic E-state index is 0.0603. The molecule has 0 aliphatic carbocycles. The fourth-order valence-corrected chi connectivity index (χ4v) is 2.65. The van der Waals surface area contributed by atoms with Crippen LogP contribution in [-0.4, -0.2) is 14.9 Å². The zero-order chi connectivity index (χ0) is 14.9. The molecule has 0 saturated carbocycles. The third-order valence-corrected chi connectivity index (χ3v) is 8.62. The minimum atomic E-state index is -1.71. The number of nitrogens with two attached hydrogens (primary N) is 1. The van der Waals surface area contributed by atoms with Crippen molar-refractivity contribution in [3.8, 4) is 0 Å². The third-order valence-electron chi connectivity index (χ3n) is 4.14. The van der Waals surface area contributed by atoms with Gasteiger partial charge in [-0.1, -0.05) is 34.6 Å². The Morgan fingerprint density at radius 3 is 2.26 bits per heavy atom. The first-order chi connectivity index (χ1) is 8.46. The molecule has 0 aromatic carbocycles. The fourth-order valence-electron chi connectivity index (χ4n) is 1.49. The molecule has 0 saturated heterocycles. The van der Waals surface area contributed by atoms with Crippen LogP contribution in [0, 0.1) is 5.41 Å². The van der Waals surface area contributed by atoms with Crippen LogP contribution in [0.3, 0.4) is 0 Å². The smallest absolute Gasteiger partial charge is 0.192 e. The van der Waals surface area contributed by atoms with E-state index in [1.165, 1.54) is 0 Å². The summed E-state index contributed by atoms with van der Waals surface area (Å²) in [5, 5.41) is 0.235. The molecule has 4 nitrogen and oxygen atoms in total. The second-order valence-corrected chi connectivity index (χ2v) is 12.2. The lowest BCUT2D eigenvalue weighted by atomic mass is 9.85. The lowest BCUT2D eigenvalue weighted by molar-refractivity contribution is 0.195. The summed E-state index contributed by atoms with van der Waals surface area (Å²) in [7, 11) is -1.71. The molecule has 0 radical (unpaired) electrons. The van der Waals surface area contributed by atoms with E-state index in [2.05, 4.69) is 58.6 Å². The number of nitrogens with one attached hydrogen (secondary N) is 2. The van der Waals surface area contributed by atoms with Gasteiger partial charge in [-0.3, -0.25) is 5.43 Å². The fraction of sp³-hybridized carbons (Fsp3) is 0.714. The molecule has 0 unspecified atom stereocenters. The van der Waals surface area contributed by atoms with Crippen molar-refractivity contribution in [3.63, 3.8) is 0 Å². The Hall–Kier alpha value is -0.943. The lowest BCUT2D eigenvalue weighted by Gasteiger charge is -2.39. The molecule has 110 valence electrons. The molecular formula is C14H29N3OSi. The van der Waals surface area contributed by atoms with Gasteiger partial charge in [0.15, 0.2) is 8.32 Å². The first-order valence-electron chi connectivity index (χ1n) is 6.79. The van der Waals surface area contributed by atoms with E-state index in [0.29, 0.717) is 12.4 Å². The Morgan fingerprint density at radius 2 is 1.79 bits per heavy atom. The summed E-state index contributed by atoms with van der Waals surface area (Å²) in [6.07, 6.45) is 3.91. The first-order valence-corrected chi connectivity index (χ1v) is 9.70. The molecule has 0 aromatic rings. The average Bonchev–Trinajstić information content (AvgIpc) is 2.25. The molecule has 0 fully saturated rings. The van der Waals surface area contributed by atoms with Gasteiger partial charge in [0.2, 0.25) is 0 Å². The molecule has 1 aliphatic heterocycles. The van der Waals surface area contributed by atoms with Crippen molar-refractivity contribution in [3.05, 3.63) is 23.7 Å². The van der Waals surface area contributed by atoms with Gasteiger partial charge < -0.3 is 15.6 Å². The highest BCUT2D eigenvalue weighted by molar-refractivity contribution is 6.74. The van der Waals surface area contributed by atoms with Gasteiger partial charge in [0.25, 0.3) is 0 Å². The van der Waals surface area contributed by atoms with Gasteiger partial charge >= 0.3 is 0 Å². The Balaban J connectivity index is 2.74. The molecule has 1 rings (SSSR count). The highest BCUT2D eigenvalue weighted by atomic mass is 28.4. The van der Waals surface area contributed by atoms with Gasteiger partial charge in [-0.05, 0) is 29.8 Å². The maximum absolute atomic E-state index is 6.33.